The van der Waals surface area contributed by atoms with Gasteiger partial charge in [0.1, 0.15) is 23.8 Å². The number of aryl methyl sites for hydroxylation is 1. The van der Waals surface area contributed by atoms with Crippen LogP contribution in [-0.2, 0) is 9.59 Å². The van der Waals surface area contributed by atoms with Crippen LogP contribution in [0.3, 0.4) is 0 Å². The minimum Gasteiger partial charge on any atom is -0.497 e. The van der Waals surface area contributed by atoms with E-state index in [-0.39, 0.29) is 18.4 Å². The average Bonchev–Trinajstić information content (AvgIpc) is 2.66. The summed E-state index contributed by atoms with van der Waals surface area (Å²) in [6.45, 7) is 3.46. The van der Waals surface area contributed by atoms with Gasteiger partial charge in [-0.25, -0.2) is 0 Å². The summed E-state index contributed by atoms with van der Waals surface area (Å²) < 4.78 is 16.1. The Morgan fingerprint density at radius 2 is 1.96 bits per heavy atom. The standard InChI is InChI=1S/C20H22N2O5/c1-12-5-8-17-16(9-12)22(20(24)13(2)27-17)11-19(23)21-15-7-6-14(25-3)10-18(15)26-4/h5-10,13H,11H2,1-4H3,(H,21,23). The fourth-order valence-corrected chi connectivity index (χ4v) is 2.92. The summed E-state index contributed by atoms with van der Waals surface area (Å²) in [5.74, 6) is 1.08. The number of carbonyl (C=O) groups excluding carboxylic acids is 2. The van der Waals surface area contributed by atoms with Crippen LogP contribution in [0.4, 0.5) is 11.4 Å². The van der Waals surface area contributed by atoms with Crippen molar-refractivity contribution >= 4 is 23.2 Å². The molecule has 0 radical (unpaired) electrons. The number of benzene rings is 2. The third-order valence-corrected chi connectivity index (χ3v) is 4.31. The number of amides is 2. The molecule has 7 heteroatoms. The minimum absolute atomic E-state index is 0.127. The Morgan fingerprint density at radius 1 is 1.19 bits per heavy atom. The van der Waals surface area contributed by atoms with Gasteiger partial charge in [-0.2, -0.15) is 0 Å². The summed E-state index contributed by atoms with van der Waals surface area (Å²) in [5, 5.41) is 2.79. The molecule has 0 aromatic heterocycles. The summed E-state index contributed by atoms with van der Waals surface area (Å²) >= 11 is 0. The van der Waals surface area contributed by atoms with Gasteiger partial charge < -0.3 is 19.5 Å². The molecule has 0 aliphatic carbocycles. The number of carbonyl (C=O) groups is 2. The molecule has 142 valence electrons. The fraction of sp³-hybridized carbons (Fsp3) is 0.300. The van der Waals surface area contributed by atoms with Crippen LogP contribution in [0.5, 0.6) is 17.2 Å². The predicted octanol–water partition coefficient (Wildman–Crippen LogP) is 2.76. The van der Waals surface area contributed by atoms with Gasteiger partial charge in [-0.05, 0) is 43.7 Å². The molecule has 1 aliphatic heterocycles. The van der Waals surface area contributed by atoms with Crippen LogP contribution >= 0.6 is 0 Å². The molecule has 0 spiro atoms. The summed E-state index contributed by atoms with van der Waals surface area (Å²) in [7, 11) is 3.06. The molecule has 1 heterocycles. The summed E-state index contributed by atoms with van der Waals surface area (Å²) in [6.07, 6.45) is -0.650. The molecule has 0 fully saturated rings. The minimum atomic E-state index is -0.650. The first kappa shape index (κ1) is 18.6. The summed E-state index contributed by atoms with van der Waals surface area (Å²) in [5.41, 5.74) is 2.07. The fourth-order valence-electron chi connectivity index (χ4n) is 2.92. The molecule has 2 aromatic rings. The zero-order chi connectivity index (χ0) is 19.6. The summed E-state index contributed by atoms with van der Waals surface area (Å²) in [6, 6.07) is 10.6. The topological polar surface area (TPSA) is 77.1 Å². The van der Waals surface area contributed by atoms with Gasteiger partial charge >= 0.3 is 0 Å². The van der Waals surface area contributed by atoms with E-state index in [9.17, 15) is 9.59 Å². The van der Waals surface area contributed by atoms with Crippen molar-refractivity contribution in [2.24, 2.45) is 0 Å². The Balaban J connectivity index is 1.82. The van der Waals surface area contributed by atoms with Crippen LogP contribution in [0.1, 0.15) is 12.5 Å². The molecule has 0 bridgehead atoms. The van der Waals surface area contributed by atoms with Gasteiger partial charge in [-0.1, -0.05) is 6.07 Å². The van der Waals surface area contributed by atoms with Crippen molar-refractivity contribution in [2.75, 3.05) is 31.0 Å². The van der Waals surface area contributed by atoms with E-state index < -0.39 is 6.10 Å². The van der Waals surface area contributed by atoms with Crippen molar-refractivity contribution in [2.45, 2.75) is 20.0 Å². The van der Waals surface area contributed by atoms with E-state index in [1.807, 2.05) is 25.1 Å². The molecule has 2 amide bonds. The number of hydrogen-bond acceptors (Lipinski definition) is 5. The highest BCUT2D eigenvalue weighted by Gasteiger charge is 2.32. The number of fused-ring (bicyclic) bond motifs is 1. The van der Waals surface area contributed by atoms with E-state index >= 15 is 0 Å². The maximum atomic E-state index is 12.6. The van der Waals surface area contributed by atoms with Gasteiger partial charge in [-0.3, -0.25) is 14.5 Å². The third-order valence-electron chi connectivity index (χ3n) is 4.31. The molecular weight excluding hydrogens is 348 g/mol. The Labute approximate surface area is 157 Å². The molecule has 0 saturated heterocycles. The first-order valence-corrected chi connectivity index (χ1v) is 8.53. The van der Waals surface area contributed by atoms with E-state index in [2.05, 4.69) is 5.32 Å². The van der Waals surface area contributed by atoms with Gasteiger partial charge in [0, 0.05) is 6.07 Å². The normalized spacial score (nSPS) is 15.6. The van der Waals surface area contributed by atoms with Crippen molar-refractivity contribution < 1.29 is 23.8 Å². The Kier molecular flexibility index (Phi) is 5.21. The number of ether oxygens (including phenoxy) is 3. The van der Waals surface area contributed by atoms with Crippen LogP contribution in [0.2, 0.25) is 0 Å². The van der Waals surface area contributed by atoms with Gasteiger partial charge in [-0.15, -0.1) is 0 Å². The number of nitrogens with zero attached hydrogens (tertiary/aromatic N) is 1. The lowest BCUT2D eigenvalue weighted by Gasteiger charge is -2.32. The second-order valence-corrected chi connectivity index (χ2v) is 6.27. The monoisotopic (exact) mass is 370 g/mol. The van der Waals surface area contributed by atoms with Gasteiger partial charge in [0.05, 0.1) is 25.6 Å². The van der Waals surface area contributed by atoms with Crippen LogP contribution < -0.4 is 24.4 Å². The Morgan fingerprint density at radius 3 is 2.67 bits per heavy atom. The van der Waals surface area contributed by atoms with Crippen molar-refractivity contribution in [3.8, 4) is 17.2 Å². The van der Waals surface area contributed by atoms with Crippen molar-refractivity contribution in [3.63, 3.8) is 0 Å². The molecular formula is C20H22N2O5. The van der Waals surface area contributed by atoms with E-state index in [1.165, 1.54) is 12.0 Å². The lowest BCUT2D eigenvalue weighted by Crippen LogP contribution is -2.47. The summed E-state index contributed by atoms with van der Waals surface area (Å²) in [4.78, 5) is 26.6. The molecule has 1 atom stereocenters. The molecule has 1 N–H and O–H groups in total. The SMILES string of the molecule is COc1ccc(NC(=O)CN2C(=O)C(C)Oc3ccc(C)cc32)c(OC)c1. The predicted molar refractivity (Wildman–Crippen MR) is 102 cm³/mol. The molecule has 27 heavy (non-hydrogen) atoms. The highest BCUT2D eigenvalue weighted by atomic mass is 16.5. The van der Waals surface area contributed by atoms with Crippen molar-refractivity contribution in [1.82, 2.24) is 0 Å². The number of methoxy groups -OCH3 is 2. The molecule has 0 saturated carbocycles. The molecule has 7 nitrogen and oxygen atoms in total. The second kappa shape index (κ2) is 7.57. The average molecular weight is 370 g/mol. The van der Waals surface area contributed by atoms with Gasteiger partial charge in [0.2, 0.25) is 5.91 Å². The number of hydrogen-bond donors (Lipinski definition) is 1. The molecule has 1 unspecified atom stereocenters. The highest BCUT2D eigenvalue weighted by Crippen LogP contribution is 2.35. The molecule has 2 aromatic carbocycles. The second-order valence-electron chi connectivity index (χ2n) is 6.27. The van der Waals surface area contributed by atoms with Crippen molar-refractivity contribution in [3.05, 3.63) is 42.0 Å². The van der Waals surface area contributed by atoms with Crippen LogP contribution in [0.15, 0.2) is 36.4 Å². The smallest absolute Gasteiger partial charge is 0.268 e. The largest absolute Gasteiger partial charge is 0.497 e. The molecule has 3 rings (SSSR count). The lowest BCUT2D eigenvalue weighted by atomic mass is 10.1. The van der Waals surface area contributed by atoms with E-state index in [0.29, 0.717) is 28.6 Å². The van der Waals surface area contributed by atoms with Crippen molar-refractivity contribution in [1.29, 1.82) is 0 Å². The first-order valence-electron chi connectivity index (χ1n) is 8.53. The van der Waals surface area contributed by atoms with Gasteiger partial charge in [0.25, 0.3) is 5.91 Å². The van der Waals surface area contributed by atoms with E-state index in [1.54, 1.807) is 32.2 Å². The number of anilines is 2. The maximum Gasteiger partial charge on any atom is 0.268 e. The highest BCUT2D eigenvalue weighted by molar-refractivity contribution is 6.06. The van der Waals surface area contributed by atoms with Crippen LogP contribution in [0, 0.1) is 6.92 Å². The number of rotatable bonds is 5. The van der Waals surface area contributed by atoms with E-state index in [4.69, 9.17) is 14.2 Å². The zero-order valence-corrected chi connectivity index (χ0v) is 15.7. The first-order chi connectivity index (χ1) is 12.9. The third kappa shape index (κ3) is 3.81. The van der Waals surface area contributed by atoms with Gasteiger partial charge in [0.15, 0.2) is 6.10 Å². The molecule has 1 aliphatic rings. The number of nitrogens with one attached hydrogen (secondary N) is 1. The quantitative estimate of drug-likeness (QED) is 0.876. The lowest BCUT2D eigenvalue weighted by molar-refractivity contribution is -0.127. The van der Waals surface area contributed by atoms with Crippen LogP contribution in [0.25, 0.3) is 0 Å². The Bertz CT molecular complexity index is 881. The zero-order valence-electron chi connectivity index (χ0n) is 15.7. The van der Waals surface area contributed by atoms with Crippen LogP contribution in [-0.4, -0.2) is 38.7 Å². The van der Waals surface area contributed by atoms with E-state index in [0.717, 1.165) is 5.56 Å². The Hall–Kier alpha value is -3.22. The maximum absolute atomic E-state index is 12.6.